The molecule has 0 aliphatic carbocycles. The van der Waals surface area contributed by atoms with E-state index in [0.717, 1.165) is 29.3 Å². The first-order valence-corrected chi connectivity index (χ1v) is 10.2. The van der Waals surface area contributed by atoms with Crippen molar-refractivity contribution in [3.05, 3.63) is 58.5 Å². The summed E-state index contributed by atoms with van der Waals surface area (Å²) in [5, 5.41) is 0.00933. The lowest BCUT2D eigenvalue weighted by atomic mass is 9.82. The number of carbonyl (C=O) groups excluding carboxylic acids is 3. The van der Waals surface area contributed by atoms with E-state index in [2.05, 4.69) is 4.98 Å². The number of hydrogen-bond donors (Lipinski definition) is 0. The summed E-state index contributed by atoms with van der Waals surface area (Å²) in [6.07, 6.45) is -2.86. The molecule has 0 bridgehead atoms. The van der Waals surface area contributed by atoms with Crippen molar-refractivity contribution in [2.45, 2.75) is 24.7 Å². The molecule has 2 aromatic rings. The van der Waals surface area contributed by atoms with E-state index in [1.54, 1.807) is 6.92 Å². The fourth-order valence-electron chi connectivity index (χ4n) is 4.33. The van der Waals surface area contributed by atoms with E-state index >= 15 is 0 Å². The smallest absolute Gasteiger partial charge is 0.339 e. The minimum Gasteiger partial charge on any atom is -0.339 e. The van der Waals surface area contributed by atoms with Gasteiger partial charge in [-0.2, -0.15) is 13.2 Å². The van der Waals surface area contributed by atoms with Crippen molar-refractivity contribution in [3.8, 4) is 0 Å². The third-order valence-corrected chi connectivity index (χ3v) is 6.10. The van der Waals surface area contributed by atoms with Gasteiger partial charge in [0.15, 0.2) is 17.2 Å². The largest absolute Gasteiger partial charge is 0.416 e. The summed E-state index contributed by atoms with van der Waals surface area (Å²) in [5.74, 6) is -2.48. The second-order valence-corrected chi connectivity index (χ2v) is 8.39. The third-order valence-electron chi connectivity index (χ3n) is 5.90. The lowest BCUT2D eigenvalue weighted by molar-refractivity contribution is -0.169. The van der Waals surface area contributed by atoms with Crippen molar-refractivity contribution in [2.24, 2.45) is 0 Å². The molecular formula is C21H17ClF4N4O3. The average molecular weight is 485 g/mol. The van der Waals surface area contributed by atoms with Crippen molar-refractivity contribution in [1.29, 1.82) is 0 Å². The van der Waals surface area contributed by atoms with E-state index < -0.39 is 47.5 Å². The Kier molecular flexibility index (Phi) is 5.55. The Balaban J connectivity index is 1.71. The maximum atomic E-state index is 14.5. The number of nitrogens with zero attached hydrogens (tertiary/aromatic N) is 4. The zero-order valence-corrected chi connectivity index (χ0v) is 17.9. The van der Waals surface area contributed by atoms with Gasteiger partial charge in [0.25, 0.3) is 5.91 Å². The topological polar surface area (TPSA) is 73.8 Å². The molecule has 1 atom stereocenters. The number of anilines is 1. The molecule has 3 heterocycles. The van der Waals surface area contributed by atoms with Crippen molar-refractivity contribution in [3.63, 3.8) is 0 Å². The summed E-state index contributed by atoms with van der Waals surface area (Å²) in [6, 6.07) is 4.44. The maximum Gasteiger partial charge on any atom is 0.416 e. The third kappa shape index (κ3) is 3.79. The number of benzene rings is 1. The molecule has 2 saturated heterocycles. The van der Waals surface area contributed by atoms with Gasteiger partial charge in [-0.25, -0.2) is 9.37 Å². The Labute approximate surface area is 190 Å². The lowest BCUT2D eigenvalue weighted by Crippen LogP contribution is -2.80. The van der Waals surface area contributed by atoms with Gasteiger partial charge < -0.3 is 9.80 Å². The Hall–Kier alpha value is -3.21. The monoisotopic (exact) mass is 484 g/mol. The second-order valence-electron chi connectivity index (χ2n) is 7.95. The summed E-state index contributed by atoms with van der Waals surface area (Å²) >= 11 is 5.73. The van der Waals surface area contributed by atoms with Crippen LogP contribution >= 0.6 is 11.6 Å². The van der Waals surface area contributed by atoms with Gasteiger partial charge in [-0.05, 0) is 30.7 Å². The number of hydrogen-bond acceptors (Lipinski definition) is 4. The van der Waals surface area contributed by atoms with Crippen LogP contribution in [0.1, 0.15) is 24.1 Å². The number of pyridine rings is 1. The molecule has 0 saturated carbocycles. The highest BCUT2D eigenvalue weighted by molar-refractivity contribution is 6.30. The Bertz CT molecular complexity index is 1120. The number of alkyl halides is 3. The molecule has 4 rings (SSSR count). The number of rotatable bonds is 4. The maximum absolute atomic E-state index is 14.5. The molecule has 2 aliphatic heterocycles. The standard InChI is InChI=1S/C21H17ClF4N4O3/c1-12(13-2-4-14(5-3-13)21(24,25)26)30-17(32)8-29(18-16(23)6-15(22)7-27-18)19(33)20(30)9-28(10-20)11-31/h2-7,11-12H,8-10H2,1H3/t12-/m0/s1. The molecular weight excluding hydrogens is 468 g/mol. The molecule has 0 unspecified atom stereocenters. The summed E-state index contributed by atoms with van der Waals surface area (Å²) in [6.45, 7) is 0.767. The van der Waals surface area contributed by atoms with Gasteiger partial charge in [0.1, 0.15) is 6.54 Å². The SMILES string of the molecule is C[C@@H](c1ccc(C(F)(F)F)cc1)N1C(=O)CN(c2ncc(Cl)cc2F)C(=O)C12CN(C=O)C2. The first-order valence-electron chi connectivity index (χ1n) is 9.79. The minimum atomic E-state index is -4.52. The fraction of sp³-hybridized carbons (Fsp3) is 0.333. The molecule has 3 amide bonds. The molecule has 1 aromatic carbocycles. The van der Waals surface area contributed by atoms with Crippen LogP contribution in [0.2, 0.25) is 5.02 Å². The summed E-state index contributed by atoms with van der Waals surface area (Å²) < 4.78 is 53.2. The van der Waals surface area contributed by atoms with Crippen molar-refractivity contribution >= 4 is 35.6 Å². The first kappa shape index (κ1) is 23.0. The summed E-state index contributed by atoms with van der Waals surface area (Å²) in [4.78, 5) is 45.2. The van der Waals surface area contributed by atoms with Crippen molar-refractivity contribution in [1.82, 2.24) is 14.8 Å². The summed E-state index contributed by atoms with van der Waals surface area (Å²) in [5.41, 5.74) is -1.98. The van der Waals surface area contributed by atoms with E-state index in [1.807, 2.05) is 0 Å². The van der Waals surface area contributed by atoms with Gasteiger partial charge in [-0.3, -0.25) is 19.3 Å². The van der Waals surface area contributed by atoms with Gasteiger partial charge in [0.05, 0.1) is 29.7 Å². The molecule has 7 nitrogen and oxygen atoms in total. The van der Waals surface area contributed by atoms with E-state index in [-0.39, 0.29) is 23.9 Å². The van der Waals surface area contributed by atoms with Crippen molar-refractivity contribution in [2.75, 3.05) is 24.5 Å². The predicted octanol–water partition coefficient (Wildman–Crippen LogP) is 3.04. The zero-order valence-electron chi connectivity index (χ0n) is 17.1. The van der Waals surface area contributed by atoms with E-state index in [4.69, 9.17) is 11.6 Å². The number of carbonyl (C=O) groups is 3. The molecule has 33 heavy (non-hydrogen) atoms. The van der Waals surface area contributed by atoms with Gasteiger partial charge in [-0.1, -0.05) is 23.7 Å². The van der Waals surface area contributed by atoms with Crippen molar-refractivity contribution < 1.29 is 31.9 Å². The number of amides is 3. The molecule has 2 fully saturated rings. The fourth-order valence-corrected chi connectivity index (χ4v) is 4.47. The lowest BCUT2D eigenvalue weighted by Gasteiger charge is -2.58. The van der Waals surface area contributed by atoms with Gasteiger partial charge >= 0.3 is 6.18 Å². The number of aromatic nitrogens is 1. The number of likely N-dealkylation sites (tertiary alicyclic amines) is 1. The Morgan fingerprint density at radius 2 is 1.82 bits per heavy atom. The highest BCUT2D eigenvalue weighted by Crippen LogP contribution is 2.41. The van der Waals surface area contributed by atoms with Crippen LogP contribution in [0.25, 0.3) is 0 Å². The van der Waals surface area contributed by atoms with Gasteiger partial charge in [0, 0.05) is 6.20 Å². The van der Waals surface area contributed by atoms with Crippen LogP contribution in [0.3, 0.4) is 0 Å². The normalized spacial score (nSPS) is 19.0. The number of piperazine rings is 1. The van der Waals surface area contributed by atoms with Crippen LogP contribution in [0.4, 0.5) is 23.4 Å². The Morgan fingerprint density at radius 1 is 1.18 bits per heavy atom. The van der Waals surface area contributed by atoms with E-state index in [1.165, 1.54) is 21.9 Å². The van der Waals surface area contributed by atoms with Gasteiger partial charge in [-0.15, -0.1) is 0 Å². The average Bonchev–Trinajstić information content (AvgIpc) is 2.72. The molecule has 1 spiro atoms. The highest BCUT2D eigenvalue weighted by Gasteiger charge is 2.61. The number of halogens is 5. The van der Waals surface area contributed by atoms with E-state index in [0.29, 0.717) is 12.0 Å². The van der Waals surface area contributed by atoms with Crippen LogP contribution < -0.4 is 4.90 Å². The van der Waals surface area contributed by atoms with Crippen LogP contribution in [-0.2, 0) is 20.6 Å². The van der Waals surface area contributed by atoms with E-state index in [9.17, 15) is 31.9 Å². The predicted molar refractivity (Wildman–Crippen MR) is 109 cm³/mol. The molecule has 1 aromatic heterocycles. The van der Waals surface area contributed by atoms with Crippen LogP contribution in [0.5, 0.6) is 0 Å². The van der Waals surface area contributed by atoms with Crippen LogP contribution in [0.15, 0.2) is 36.5 Å². The Morgan fingerprint density at radius 3 is 2.36 bits per heavy atom. The molecule has 12 heteroatoms. The van der Waals surface area contributed by atoms with Gasteiger partial charge in [0.2, 0.25) is 12.3 Å². The summed E-state index contributed by atoms with van der Waals surface area (Å²) in [7, 11) is 0. The minimum absolute atomic E-state index is 0.00933. The molecule has 2 aliphatic rings. The quantitative estimate of drug-likeness (QED) is 0.494. The molecule has 174 valence electrons. The second kappa shape index (κ2) is 7.98. The highest BCUT2D eigenvalue weighted by atomic mass is 35.5. The molecule has 0 radical (unpaired) electrons. The van der Waals surface area contributed by atoms with Crippen LogP contribution in [0, 0.1) is 5.82 Å². The zero-order chi connectivity index (χ0) is 24.1. The van der Waals surface area contributed by atoms with Crippen LogP contribution in [-0.4, -0.2) is 58.2 Å². The molecule has 0 N–H and O–H groups in total. The first-order chi connectivity index (χ1) is 15.5.